The first-order valence-electron chi connectivity index (χ1n) is 8.27. The number of carbonyl (C=O) groups excluding carboxylic acids is 1. The van der Waals surface area contributed by atoms with E-state index < -0.39 is 11.9 Å². The number of aromatic nitrogens is 1. The van der Waals surface area contributed by atoms with Crippen molar-refractivity contribution in [2.24, 2.45) is 0 Å². The molecule has 0 radical (unpaired) electrons. The zero-order valence-electron chi connectivity index (χ0n) is 14.7. The van der Waals surface area contributed by atoms with Gasteiger partial charge in [0, 0.05) is 30.2 Å². The number of aromatic carboxylic acids is 1. The third kappa shape index (κ3) is 4.49. The van der Waals surface area contributed by atoms with Gasteiger partial charge in [0.2, 0.25) is 0 Å². The van der Waals surface area contributed by atoms with Gasteiger partial charge in [-0.2, -0.15) is 0 Å². The number of ether oxygens (including phenoxy) is 1. The van der Waals surface area contributed by atoms with Gasteiger partial charge in [0.1, 0.15) is 0 Å². The van der Waals surface area contributed by atoms with Crippen molar-refractivity contribution in [1.29, 1.82) is 0 Å². The van der Waals surface area contributed by atoms with Gasteiger partial charge < -0.3 is 15.2 Å². The molecule has 6 nitrogen and oxygen atoms in total. The maximum Gasteiger partial charge on any atom is 0.339 e. The number of hydrogen-bond donors (Lipinski definition) is 2. The Morgan fingerprint density at radius 2 is 1.67 bits per heavy atom. The Labute approximate surface area is 156 Å². The number of carboxylic acid groups (broad SMARTS) is 1. The highest BCUT2D eigenvalue weighted by atomic mass is 16.5. The quantitative estimate of drug-likeness (QED) is 0.648. The summed E-state index contributed by atoms with van der Waals surface area (Å²) < 4.78 is 4.72. The predicted molar refractivity (Wildman–Crippen MR) is 102 cm³/mol. The maximum atomic E-state index is 11.6. The van der Waals surface area contributed by atoms with E-state index in [2.05, 4.69) is 10.3 Å². The first kappa shape index (κ1) is 18.1. The molecule has 27 heavy (non-hydrogen) atoms. The number of anilines is 1. The minimum absolute atomic E-state index is 0.269. The van der Waals surface area contributed by atoms with Gasteiger partial charge in [-0.1, -0.05) is 24.3 Å². The molecule has 0 spiro atoms. The van der Waals surface area contributed by atoms with E-state index in [-0.39, 0.29) is 5.56 Å². The normalized spacial score (nSPS) is 10.3. The van der Waals surface area contributed by atoms with E-state index in [0.29, 0.717) is 12.1 Å². The standard InChI is InChI=1S/C21H18N2O4/c1-27-21(26)18-10-17(12-22-13-18)15-6-8-19(9-7-15)23-11-14-2-4-16(5-3-14)20(24)25/h2-10,12-13,23H,11H2,1H3,(H,24,25). The van der Waals surface area contributed by atoms with Crippen LogP contribution >= 0.6 is 0 Å². The van der Waals surface area contributed by atoms with Crippen molar-refractivity contribution in [2.45, 2.75) is 6.54 Å². The summed E-state index contributed by atoms with van der Waals surface area (Å²) in [6.45, 7) is 0.582. The summed E-state index contributed by atoms with van der Waals surface area (Å²) in [5, 5.41) is 12.2. The zero-order chi connectivity index (χ0) is 19.2. The molecule has 0 aliphatic carbocycles. The maximum absolute atomic E-state index is 11.6. The van der Waals surface area contributed by atoms with Gasteiger partial charge in [-0.3, -0.25) is 4.98 Å². The van der Waals surface area contributed by atoms with Crippen LogP contribution in [-0.4, -0.2) is 29.1 Å². The van der Waals surface area contributed by atoms with Gasteiger partial charge in [-0.05, 0) is 41.5 Å². The van der Waals surface area contributed by atoms with Gasteiger partial charge in [-0.15, -0.1) is 0 Å². The lowest BCUT2D eigenvalue weighted by Gasteiger charge is -2.09. The van der Waals surface area contributed by atoms with Gasteiger partial charge in [-0.25, -0.2) is 9.59 Å². The third-order valence-electron chi connectivity index (χ3n) is 4.08. The number of carboxylic acids is 1. The molecule has 0 saturated heterocycles. The van der Waals surface area contributed by atoms with E-state index in [1.165, 1.54) is 13.3 Å². The largest absolute Gasteiger partial charge is 0.478 e. The number of methoxy groups -OCH3 is 1. The van der Waals surface area contributed by atoms with E-state index in [1.807, 2.05) is 24.3 Å². The summed E-state index contributed by atoms with van der Waals surface area (Å²) in [6, 6.07) is 16.2. The van der Waals surface area contributed by atoms with Crippen molar-refractivity contribution in [3.63, 3.8) is 0 Å². The van der Waals surface area contributed by atoms with Crippen molar-refractivity contribution in [3.8, 4) is 11.1 Å². The van der Waals surface area contributed by atoms with E-state index in [9.17, 15) is 9.59 Å². The molecule has 3 rings (SSSR count). The summed E-state index contributed by atoms with van der Waals surface area (Å²) in [6.07, 6.45) is 3.17. The van der Waals surface area contributed by atoms with Gasteiger partial charge in [0.05, 0.1) is 18.2 Å². The van der Waals surface area contributed by atoms with E-state index >= 15 is 0 Å². The van der Waals surface area contributed by atoms with Crippen molar-refractivity contribution in [2.75, 3.05) is 12.4 Å². The lowest BCUT2D eigenvalue weighted by atomic mass is 10.1. The smallest absolute Gasteiger partial charge is 0.339 e. The van der Waals surface area contributed by atoms with Crippen LogP contribution in [0.2, 0.25) is 0 Å². The Balaban J connectivity index is 1.67. The fraction of sp³-hybridized carbons (Fsp3) is 0.0952. The Hall–Kier alpha value is -3.67. The van der Waals surface area contributed by atoms with Gasteiger partial charge in [0.15, 0.2) is 0 Å². The van der Waals surface area contributed by atoms with Crippen LogP contribution in [0.4, 0.5) is 5.69 Å². The average Bonchev–Trinajstić information content (AvgIpc) is 2.72. The SMILES string of the molecule is COC(=O)c1cncc(-c2ccc(NCc3ccc(C(=O)O)cc3)cc2)c1. The third-order valence-corrected chi connectivity index (χ3v) is 4.08. The highest BCUT2D eigenvalue weighted by Crippen LogP contribution is 2.22. The highest BCUT2D eigenvalue weighted by Gasteiger charge is 2.08. The molecule has 0 saturated carbocycles. The molecule has 0 bridgehead atoms. The first-order chi connectivity index (χ1) is 13.1. The lowest BCUT2D eigenvalue weighted by molar-refractivity contribution is 0.0599. The predicted octanol–water partition coefficient (Wildman–Crippen LogP) is 3.85. The van der Waals surface area contributed by atoms with Crippen LogP contribution in [0, 0.1) is 0 Å². The second-order valence-electron chi connectivity index (χ2n) is 5.89. The molecule has 2 aromatic carbocycles. The van der Waals surface area contributed by atoms with E-state index in [4.69, 9.17) is 9.84 Å². The Bertz CT molecular complexity index is 951. The van der Waals surface area contributed by atoms with Crippen LogP contribution in [0.1, 0.15) is 26.3 Å². The summed E-state index contributed by atoms with van der Waals surface area (Å²) >= 11 is 0. The number of esters is 1. The fourth-order valence-corrected chi connectivity index (χ4v) is 2.58. The number of hydrogen-bond acceptors (Lipinski definition) is 5. The molecule has 0 unspecified atom stereocenters. The number of pyridine rings is 1. The number of carbonyl (C=O) groups is 2. The molecule has 0 atom stereocenters. The molecule has 0 aliphatic heterocycles. The summed E-state index contributed by atoms with van der Waals surface area (Å²) in [7, 11) is 1.34. The Kier molecular flexibility index (Phi) is 5.47. The second kappa shape index (κ2) is 8.14. The molecule has 0 aliphatic rings. The minimum Gasteiger partial charge on any atom is -0.478 e. The van der Waals surface area contributed by atoms with Crippen molar-refractivity contribution >= 4 is 17.6 Å². The van der Waals surface area contributed by atoms with E-state index in [1.54, 1.807) is 36.5 Å². The van der Waals surface area contributed by atoms with Crippen molar-refractivity contribution < 1.29 is 19.4 Å². The summed E-state index contributed by atoms with van der Waals surface area (Å²) in [4.78, 5) is 26.6. The molecule has 2 N–H and O–H groups in total. The van der Waals surface area contributed by atoms with Crippen LogP contribution < -0.4 is 5.32 Å². The molecule has 0 amide bonds. The average molecular weight is 362 g/mol. The number of benzene rings is 2. The van der Waals surface area contributed by atoms with Crippen molar-refractivity contribution in [3.05, 3.63) is 83.7 Å². The lowest BCUT2D eigenvalue weighted by Crippen LogP contribution is -2.02. The minimum atomic E-state index is -0.934. The topological polar surface area (TPSA) is 88.5 Å². The molecule has 1 heterocycles. The molecule has 0 fully saturated rings. The molecular weight excluding hydrogens is 344 g/mol. The van der Waals surface area contributed by atoms with Crippen molar-refractivity contribution in [1.82, 2.24) is 4.98 Å². The Morgan fingerprint density at radius 1 is 0.963 bits per heavy atom. The molecule has 3 aromatic rings. The van der Waals surface area contributed by atoms with E-state index in [0.717, 1.165) is 22.4 Å². The van der Waals surface area contributed by atoms with Gasteiger partial charge in [0.25, 0.3) is 0 Å². The number of nitrogens with one attached hydrogen (secondary N) is 1. The zero-order valence-corrected chi connectivity index (χ0v) is 14.7. The summed E-state index contributed by atoms with van der Waals surface area (Å²) in [5.74, 6) is -1.35. The number of rotatable bonds is 6. The van der Waals surface area contributed by atoms with Crippen LogP contribution in [0.25, 0.3) is 11.1 Å². The van der Waals surface area contributed by atoms with Crippen LogP contribution in [0.5, 0.6) is 0 Å². The molecular formula is C21H18N2O4. The monoisotopic (exact) mass is 362 g/mol. The van der Waals surface area contributed by atoms with Crippen LogP contribution in [-0.2, 0) is 11.3 Å². The summed E-state index contributed by atoms with van der Waals surface area (Å²) in [5.41, 5.74) is 4.35. The van der Waals surface area contributed by atoms with Crippen LogP contribution in [0.3, 0.4) is 0 Å². The number of nitrogens with zero attached hydrogens (tertiary/aromatic N) is 1. The molecule has 6 heteroatoms. The van der Waals surface area contributed by atoms with Crippen LogP contribution in [0.15, 0.2) is 67.0 Å². The fourth-order valence-electron chi connectivity index (χ4n) is 2.58. The highest BCUT2D eigenvalue weighted by molar-refractivity contribution is 5.90. The molecule has 136 valence electrons. The molecule has 1 aromatic heterocycles. The Morgan fingerprint density at radius 3 is 2.30 bits per heavy atom. The first-order valence-corrected chi connectivity index (χ1v) is 8.27. The second-order valence-corrected chi connectivity index (χ2v) is 5.89. The van der Waals surface area contributed by atoms with Gasteiger partial charge >= 0.3 is 11.9 Å².